The van der Waals surface area contributed by atoms with E-state index in [1.165, 1.54) is 24.3 Å². The molecular formula is C15H20F3N3O3. The highest BCUT2D eigenvalue weighted by Crippen LogP contribution is 2.25. The Morgan fingerprint density at radius 1 is 1.29 bits per heavy atom. The lowest BCUT2D eigenvalue weighted by Gasteiger charge is -2.34. The van der Waals surface area contributed by atoms with Crippen molar-refractivity contribution in [2.24, 2.45) is 10.7 Å². The van der Waals surface area contributed by atoms with Crippen LogP contribution in [0.4, 0.5) is 18.9 Å². The van der Waals surface area contributed by atoms with E-state index in [9.17, 15) is 13.2 Å². The van der Waals surface area contributed by atoms with Crippen LogP contribution in [-0.4, -0.2) is 44.8 Å². The first-order valence-corrected chi connectivity index (χ1v) is 7.38. The van der Waals surface area contributed by atoms with Gasteiger partial charge in [0.15, 0.2) is 5.96 Å². The number of ether oxygens (including phenoxy) is 3. The molecular weight excluding hydrogens is 327 g/mol. The Morgan fingerprint density at radius 2 is 1.92 bits per heavy atom. The van der Waals surface area contributed by atoms with Crippen LogP contribution >= 0.6 is 0 Å². The number of hydrogen-bond donors (Lipinski definition) is 2. The molecule has 0 atom stereocenters. The molecule has 1 heterocycles. The lowest BCUT2D eigenvalue weighted by molar-refractivity contribution is -0.274. The molecule has 0 saturated carbocycles. The molecule has 0 radical (unpaired) electrons. The van der Waals surface area contributed by atoms with Gasteiger partial charge in [-0.25, -0.2) is 0 Å². The van der Waals surface area contributed by atoms with Crippen LogP contribution in [0.2, 0.25) is 0 Å². The minimum absolute atomic E-state index is 0.155. The molecule has 6 nitrogen and oxygen atoms in total. The number of guanidine groups is 1. The predicted molar refractivity (Wildman–Crippen MR) is 83.0 cm³/mol. The van der Waals surface area contributed by atoms with Crippen LogP contribution < -0.4 is 15.8 Å². The quantitative estimate of drug-likeness (QED) is 0.632. The van der Waals surface area contributed by atoms with E-state index < -0.39 is 12.0 Å². The number of halogens is 3. The standard InChI is InChI=1S/C15H20F3N3O3/c1-22-14(6-8-23-9-7-14)10-20-13(19)21-11-2-4-12(5-3-11)24-15(16,17)18/h2-5H,6-10H2,1H3,(H3,19,20,21). The Bertz CT molecular complexity index is 555. The Balaban J connectivity index is 1.92. The number of methoxy groups -OCH3 is 1. The zero-order valence-electron chi connectivity index (χ0n) is 13.2. The predicted octanol–water partition coefficient (Wildman–Crippen LogP) is 2.51. The van der Waals surface area contributed by atoms with E-state index in [1.54, 1.807) is 7.11 Å². The number of benzene rings is 1. The summed E-state index contributed by atoms with van der Waals surface area (Å²) in [6, 6.07) is 5.23. The summed E-state index contributed by atoms with van der Waals surface area (Å²) in [6.45, 7) is 1.59. The molecule has 0 unspecified atom stereocenters. The fraction of sp³-hybridized carbons (Fsp3) is 0.533. The first-order valence-electron chi connectivity index (χ1n) is 7.38. The maximum Gasteiger partial charge on any atom is 0.573 e. The van der Waals surface area contributed by atoms with Gasteiger partial charge in [0.2, 0.25) is 0 Å². The SMILES string of the molecule is COC1(CN=C(N)Nc2ccc(OC(F)(F)F)cc2)CCOCC1. The van der Waals surface area contributed by atoms with Crippen LogP contribution in [0.25, 0.3) is 0 Å². The smallest absolute Gasteiger partial charge is 0.406 e. The number of nitrogens with two attached hydrogens (primary N) is 1. The van der Waals surface area contributed by atoms with Crippen LogP contribution in [0.1, 0.15) is 12.8 Å². The third-order valence-electron chi connectivity index (χ3n) is 3.73. The second kappa shape index (κ2) is 7.71. The lowest BCUT2D eigenvalue weighted by atomic mass is 9.94. The summed E-state index contributed by atoms with van der Waals surface area (Å²) in [5.74, 6) is -0.147. The third-order valence-corrected chi connectivity index (χ3v) is 3.73. The number of alkyl halides is 3. The van der Waals surface area contributed by atoms with Gasteiger partial charge < -0.3 is 25.3 Å². The van der Waals surface area contributed by atoms with Crippen molar-refractivity contribution < 1.29 is 27.4 Å². The molecule has 3 N–H and O–H groups in total. The lowest BCUT2D eigenvalue weighted by Crippen LogP contribution is -2.42. The van der Waals surface area contributed by atoms with Gasteiger partial charge in [-0.15, -0.1) is 13.2 Å². The largest absolute Gasteiger partial charge is 0.573 e. The van der Waals surface area contributed by atoms with E-state index in [2.05, 4.69) is 15.0 Å². The van der Waals surface area contributed by atoms with E-state index in [-0.39, 0.29) is 11.7 Å². The molecule has 9 heteroatoms. The number of nitrogens with one attached hydrogen (secondary N) is 1. The molecule has 0 bridgehead atoms. The van der Waals surface area contributed by atoms with Crippen LogP contribution in [0.3, 0.4) is 0 Å². The number of aliphatic imine (C=N–C) groups is 1. The van der Waals surface area contributed by atoms with Gasteiger partial charge in [0.1, 0.15) is 5.75 Å². The second-order valence-corrected chi connectivity index (χ2v) is 5.40. The van der Waals surface area contributed by atoms with Crippen molar-refractivity contribution in [2.45, 2.75) is 24.8 Å². The van der Waals surface area contributed by atoms with Crippen LogP contribution in [-0.2, 0) is 9.47 Å². The molecule has 24 heavy (non-hydrogen) atoms. The zero-order valence-corrected chi connectivity index (χ0v) is 13.2. The summed E-state index contributed by atoms with van der Waals surface area (Å²) in [7, 11) is 1.63. The minimum atomic E-state index is -4.71. The number of hydrogen-bond acceptors (Lipinski definition) is 4. The van der Waals surface area contributed by atoms with Gasteiger partial charge in [0.05, 0.1) is 12.1 Å². The van der Waals surface area contributed by atoms with E-state index in [0.717, 1.165) is 12.8 Å². The molecule has 0 spiro atoms. The Hall–Kier alpha value is -2.00. The molecule has 1 aromatic rings. The van der Waals surface area contributed by atoms with Gasteiger partial charge in [0.25, 0.3) is 0 Å². The monoisotopic (exact) mass is 347 g/mol. The van der Waals surface area contributed by atoms with Crippen LogP contribution in [0.5, 0.6) is 5.75 Å². The Morgan fingerprint density at radius 3 is 2.46 bits per heavy atom. The first kappa shape index (κ1) is 18.3. The topological polar surface area (TPSA) is 78.1 Å². The molecule has 134 valence electrons. The Kier molecular flexibility index (Phi) is 5.89. The van der Waals surface area contributed by atoms with E-state index in [1.807, 2.05) is 0 Å². The molecule has 0 aliphatic carbocycles. The zero-order chi connectivity index (χ0) is 17.6. The highest BCUT2D eigenvalue weighted by molar-refractivity contribution is 5.92. The molecule has 0 aromatic heterocycles. The van der Waals surface area contributed by atoms with Gasteiger partial charge in [-0.2, -0.15) is 0 Å². The van der Waals surface area contributed by atoms with Gasteiger partial charge in [-0.05, 0) is 24.3 Å². The van der Waals surface area contributed by atoms with Gasteiger partial charge in [-0.1, -0.05) is 0 Å². The minimum Gasteiger partial charge on any atom is -0.406 e. The van der Waals surface area contributed by atoms with Gasteiger partial charge in [-0.3, -0.25) is 4.99 Å². The van der Waals surface area contributed by atoms with Crippen LogP contribution in [0, 0.1) is 0 Å². The second-order valence-electron chi connectivity index (χ2n) is 5.40. The molecule has 1 aliphatic rings. The third kappa shape index (κ3) is 5.57. The van der Waals surface area contributed by atoms with Crippen molar-refractivity contribution in [3.05, 3.63) is 24.3 Å². The summed E-state index contributed by atoms with van der Waals surface area (Å²) < 4.78 is 51.0. The van der Waals surface area contributed by atoms with Crippen molar-refractivity contribution in [3.8, 4) is 5.75 Å². The number of anilines is 1. The molecule has 1 fully saturated rings. The van der Waals surface area contributed by atoms with Crippen LogP contribution in [0.15, 0.2) is 29.3 Å². The maximum atomic E-state index is 12.1. The molecule has 2 rings (SSSR count). The molecule has 1 aromatic carbocycles. The van der Waals surface area contributed by atoms with Gasteiger partial charge >= 0.3 is 6.36 Å². The van der Waals surface area contributed by atoms with E-state index in [4.69, 9.17) is 15.2 Å². The first-order chi connectivity index (χ1) is 11.3. The molecule has 1 aliphatic heterocycles. The van der Waals surface area contributed by atoms with Crippen molar-refractivity contribution in [1.82, 2.24) is 0 Å². The Labute approximate surface area is 137 Å². The summed E-state index contributed by atoms with van der Waals surface area (Å²) in [6.07, 6.45) is -3.26. The van der Waals surface area contributed by atoms with E-state index in [0.29, 0.717) is 25.4 Å². The average molecular weight is 347 g/mol. The summed E-state index contributed by atoms with van der Waals surface area (Å²) in [4.78, 5) is 4.26. The summed E-state index contributed by atoms with van der Waals surface area (Å²) in [5, 5.41) is 2.82. The van der Waals surface area contributed by atoms with Crippen molar-refractivity contribution in [1.29, 1.82) is 0 Å². The highest BCUT2D eigenvalue weighted by Gasteiger charge is 2.32. The number of rotatable bonds is 5. The van der Waals surface area contributed by atoms with Crippen molar-refractivity contribution in [3.63, 3.8) is 0 Å². The summed E-state index contributed by atoms with van der Waals surface area (Å²) in [5.41, 5.74) is 5.93. The maximum absolute atomic E-state index is 12.1. The molecule has 1 saturated heterocycles. The van der Waals surface area contributed by atoms with Crippen molar-refractivity contribution in [2.75, 3.05) is 32.2 Å². The summed E-state index contributed by atoms with van der Waals surface area (Å²) >= 11 is 0. The van der Waals surface area contributed by atoms with Gasteiger partial charge in [0, 0.05) is 38.9 Å². The fourth-order valence-corrected chi connectivity index (χ4v) is 2.33. The average Bonchev–Trinajstić information content (AvgIpc) is 2.54. The highest BCUT2D eigenvalue weighted by atomic mass is 19.4. The number of nitrogens with zero attached hydrogens (tertiary/aromatic N) is 1. The van der Waals surface area contributed by atoms with Crippen molar-refractivity contribution >= 4 is 11.6 Å². The fourth-order valence-electron chi connectivity index (χ4n) is 2.33. The normalized spacial score (nSPS) is 18.2. The van der Waals surface area contributed by atoms with E-state index >= 15 is 0 Å². The molecule has 0 amide bonds.